The van der Waals surface area contributed by atoms with E-state index in [-0.39, 0.29) is 29.5 Å². The highest BCUT2D eigenvalue weighted by Crippen LogP contribution is 2.37. The van der Waals surface area contributed by atoms with Gasteiger partial charge in [0.2, 0.25) is 0 Å². The minimum atomic E-state index is -0.340. The Morgan fingerprint density at radius 3 is 1.55 bits per heavy atom. The van der Waals surface area contributed by atoms with Crippen LogP contribution in [0.2, 0.25) is 0 Å². The summed E-state index contributed by atoms with van der Waals surface area (Å²) < 4.78 is 29.3. The van der Waals surface area contributed by atoms with E-state index in [0.29, 0.717) is 0 Å². The predicted octanol–water partition coefficient (Wildman–Crippen LogP) is 13.0. The van der Waals surface area contributed by atoms with Crippen molar-refractivity contribution in [1.29, 1.82) is 0 Å². The molecule has 0 aliphatic carbocycles. The van der Waals surface area contributed by atoms with Crippen molar-refractivity contribution in [2.24, 2.45) is 0 Å². The van der Waals surface area contributed by atoms with Crippen LogP contribution in [0.15, 0.2) is 139 Å². The highest BCUT2D eigenvalue weighted by molar-refractivity contribution is 9.10. The van der Waals surface area contributed by atoms with E-state index in [4.69, 9.17) is 23.8 Å². The average molecular weight is 1190 g/mol. The summed E-state index contributed by atoms with van der Waals surface area (Å²) in [5.41, 5.74) is 11.0. The quantitative estimate of drug-likeness (QED) is 0.107. The molecule has 0 bridgehead atoms. The second-order valence-electron chi connectivity index (χ2n) is 24.7. The van der Waals surface area contributed by atoms with Gasteiger partial charge in [-0.15, -0.1) is 0 Å². The Morgan fingerprint density at radius 1 is 0.524 bits per heavy atom. The van der Waals surface area contributed by atoms with Crippen molar-refractivity contribution in [2.45, 2.75) is 130 Å². The van der Waals surface area contributed by atoms with E-state index >= 15 is 0 Å². The molecule has 0 unspecified atom stereocenters. The normalized spacial score (nSPS) is 16.6. The molecule has 0 N–H and O–H groups in total. The number of halogens is 1. The number of nitrogens with zero attached hydrogens (tertiary/aromatic N) is 12. The number of aromatic nitrogens is 10. The first kappa shape index (κ1) is 58.6. The molecule has 84 heavy (non-hydrogen) atoms. The Hall–Kier alpha value is -7.22. The second kappa shape index (κ2) is 24.4. The van der Waals surface area contributed by atoms with Crippen LogP contribution in [0, 0.1) is 13.8 Å². The topological polar surface area (TPSA) is 155 Å². The second-order valence-corrected chi connectivity index (χ2v) is 25.6. The van der Waals surface area contributed by atoms with E-state index in [0.717, 1.165) is 126 Å². The maximum absolute atomic E-state index is 6.32. The van der Waals surface area contributed by atoms with Gasteiger partial charge in [-0.3, -0.25) is 29.7 Å². The third kappa shape index (κ3) is 13.5. The molecule has 10 aromatic rings. The third-order valence-corrected chi connectivity index (χ3v) is 16.8. The first-order valence-electron chi connectivity index (χ1n) is 29.4. The maximum Gasteiger partial charge on any atom is 0.495 e. The van der Waals surface area contributed by atoms with Crippen LogP contribution in [0.25, 0.3) is 66.7 Å². The highest BCUT2D eigenvalue weighted by atomic mass is 79.9. The number of piperidine rings is 2. The number of aryl methyl sites for hydroxylation is 2. The monoisotopic (exact) mass is 1190 g/mol. The molecule has 18 heteroatoms. The van der Waals surface area contributed by atoms with Gasteiger partial charge in [0.25, 0.3) is 0 Å². The summed E-state index contributed by atoms with van der Waals surface area (Å²) >= 11 is 3.44. The molecule has 16 nitrogen and oxygen atoms in total. The summed E-state index contributed by atoms with van der Waals surface area (Å²) in [6.45, 7) is 27.4. The lowest BCUT2D eigenvalue weighted by molar-refractivity contribution is 0.00578. The molecule has 0 radical (unpaired) electrons. The summed E-state index contributed by atoms with van der Waals surface area (Å²) in [5, 5.41) is 11.1. The number of ether oxygens (including phenoxy) is 2. The van der Waals surface area contributed by atoms with Gasteiger partial charge in [-0.1, -0.05) is 49.2 Å². The first-order chi connectivity index (χ1) is 40.2. The van der Waals surface area contributed by atoms with Gasteiger partial charge in [-0.2, -0.15) is 10.2 Å². The minimum absolute atomic E-state index is 0.248. The van der Waals surface area contributed by atoms with E-state index in [1.165, 1.54) is 51.6 Å². The molecule has 13 rings (SSSR count). The Kier molecular flexibility index (Phi) is 17.0. The molecular weight excluding hydrogens is 1120 g/mol. The molecule has 0 saturated carbocycles. The largest absolute Gasteiger partial charge is 0.495 e. The molecule has 0 atom stereocenters. The van der Waals surface area contributed by atoms with Crippen LogP contribution in [-0.4, -0.2) is 128 Å². The SMILES string of the molecule is CC(C)(CN1CCCCC1)Oc1ccc(-c2cnc3c(Br)cnn3c2)nc1.Cc1ccc2c(-c3cnn4cc(-c5ccc(OC(C)(C)CN6CCCCC6)cn5)cnc34)cccc2n1.Cc1ccc2c(B3OC(C)(C)C(C)(C)O3)cccc2n1. The predicted molar refractivity (Wildman–Crippen MR) is 338 cm³/mol. The number of hydrogen-bond donors (Lipinski definition) is 0. The summed E-state index contributed by atoms with van der Waals surface area (Å²) in [6, 6.07) is 28.4. The van der Waals surface area contributed by atoms with Crippen LogP contribution in [-0.2, 0) is 9.31 Å². The van der Waals surface area contributed by atoms with Gasteiger partial charge in [0.15, 0.2) is 11.3 Å². The zero-order chi connectivity index (χ0) is 58.8. The lowest BCUT2D eigenvalue weighted by atomic mass is 9.76. The summed E-state index contributed by atoms with van der Waals surface area (Å²) in [7, 11) is -0.340. The molecule has 11 heterocycles. The van der Waals surface area contributed by atoms with Gasteiger partial charge < -0.3 is 18.8 Å². The molecule has 3 aliphatic rings. The van der Waals surface area contributed by atoms with E-state index in [2.05, 4.69) is 141 Å². The molecule has 0 spiro atoms. The van der Waals surface area contributed by atoms with Gasteiger partial charge >= 0.3 is 7.12 Å². The van der Waals surface area contributed by atoms with Crippen LogP contribution in [0.1, 0.15) is 105 Å². The number of rotatable bonds is 12. The molecule has 0 amide bonds. The smallest absolute Gasteiger partial charge is 0.485 e. The molecule has 2 aromatic carbocycles. The summed E-state index contributed by atoms with van der Waals surface area (Å²) in [4.78, 5) is 32.7. The molecule has 3 fully saturated rings. The van der Waals surface area contributed by atoms with Crippen LogP contribution in [0.3, 0.4) is 0 Å². The number of fused-ring (bicyclic) bond motifs is 4. The minimum Gasteiger partial charge on any atom is -0.485 e. The van der Waals surface area contributed by atoms with E-state index < -0.39 is 0 Å². The number of pyridine rings is 4. The zero-order valence-electron chi connectivity index (χ0n) is 50.1. The molecule has 3 aliphatic heterocycles. The summed E-state index contributed by atoms with van der Waals surface area (Å²) in [6.07, 6.45) is 22.6. The molecule has 8 aromatic heterocycles. The van der Waals surface area contributed by atoms with Crippen molar-refractivity contribution in [1.82, 2.24) is 58.9 Å². The lowest BCUT2D eigenvalue weighted by Crippen LogP contribution is -2.44. The number of benzene rings is 2. The Morgan fingerprint density at radius 2 is 1.01 bits per heavy atom. The Bertz CT molecular complexity index is 3900. The fraction of sp³-hybridized carbons (Fsp3) is 0.394. The van der Waals surface area contributed by atoms with Crippen LogP contribution >= 0.6 is 15.9 Å². The fourth-order valence-electron chi connectivity index (χ4n) is 11.4. The number of likely N-dealkylation sites (tertiary alicyclic amines) is 2. The van der Waals surface area contributed by atoms with Crippen LogP contribution in [0.4, 0.5) is 0 Å². The summed E-state index contributed by atoms with van der Waals surface area (Å²) in [5.74, 6) is 1.57. The maximum atomic E-state index is 6.32. The van der Waals surface area contributed by atoms with Crippen molar-refractivity contribution in [3.63, 3.8) is 0 Å². The Balaban J connectivity index is 0.000000138. The van der Waals surface area contributed by atoms with Crippen molar-refractivity contribution >= 4 is 61.6 Å². The van der Waals surface area contributed by atoms with Crippen LogP contribution < -0.4 is 14.9 Å². The first-order valence-corrected chi connectivity index (χ1v) is 30.2. The lowest BCUT2D eigenvalue weighted by Gasteiger charge is -2.35. The molecule has 434 valence electrons. The third-order valence-electron chi connectivity index (χ3n) is 16.2. The standard InChI is InChI=1S/C30H32N6O.C20H24BrN5O.C16H20BNO2/c1-21-10-12-25-24(8-7-9-28(25)34-21)26-18-33-36-19-22(16-32-29(26)36)27-13-11-23(17-31-27)37-30(2,3)20-35-14-5-4-6-15-35;1-20(2,14-25-8-4-3-5-9-25)27-16-6-7-18(22-11-16)15-10-23-19-17(21)12-24-26(19)13-15;1-11-9-10-12-13(7-6-8-14(12)18-11)17-19-15(2,3)16(4,5)20-17/h7-13,16-19H,4-6,14-15,20H2,1-3H3;6-7,10-13H,3-5,8-9,14H2,1-2H3;6-10H,1-5H3. The van der Waals surface area contributed by atoms with Crippen LogP contribution in [0.5, 0.6) is 11.5 Å². The van der Waals surface area contributed by atoms with Gasteiger partial charge in [-0.25, -0.2) is 19.0 Å². The van der Waals surface area contributed by atoms with Crippen molar-refractivity contribution < 1.29 is 18.8 Å². The number of hydrogen-bond acceptors (Lipinski definition) is 14. The molecular formula is C66H76BBrN12O4. The van der Waals surface area contributed by atoms with Gasteiger partial charge in [0.1, 0.15) is 22.7 Å². The van der Waals surface area contributed by atoms with Crippen molar-refractivity contribution in [2.75, 3.05) is 39.3 Å². The van der Waals surface area contributed by atoms with Gasteiger partial charge in [-0.05, 0) is 202 Å². The Labute approximate surface area is 501 Å². The van der Waals surface area contributed by atoms with Crippen molar-refractivity contribution in [3.05, 3.63) is 150 Å². The van der Waals surface area contributed by atoms with Crippen molar-refractivity contribution in [3.8, 4) is 45.1 Å². The van der Waals surface area contributed by atoms with E-state index in [1.807, 2.05) is 110 Å². The fourth-order valence-corrected chi connectivity index (χ4v) is 11.7. The van der Waals surface area contributed by atoms with Gasteiger partial charge in [0.05, 0.1) is 62.9 Å². The van der Waals surface area contributed by atoms with E-state index in [9.17, 15) is 0 Å². The zero-order valence-corrected chi connectivity index (χ0v) is 51.7. The average Bonchev–Trinajstić information content (AvgIpc) is 3.77. The molecule has 3 saturated heterocycles. The highest BCUT2D eigenvalue weighted by Gasteiger charge is 2.52. The van der Waals surface area contributed by atoms with E-state index in [1.54, 1.807) is 23.1 Å². The van der Waals surface area contributed by atoms with Gasteiger partial charge in [0, 0.05) is 71.3 Å².